The van der Waals surface area contributed by atoms with Crippen molar-refractivity contribution in [2.75, 3.05) is 5.32 Å². The van der Waals surface area contributed by atoms with E-state index in [2.05, 4.69) is 20.6 Å². The van der Waals surface area contributed by atoms with E-state index in [1.807, 2.05) is 37.3 Å². The van der Waals surface area contributed by atoms with Crippen LogP contribution in [-0.4, -0.2) is 19.8 Å². The van der Waals surface area contributed by atoms with Gasteiger partial charge in [-0.1, -0.05) is 41.9 Å². The monoisotopic (exact) mass is 367 g/mol. The predicted octanol–water partition coefficient (Wildman–Crippen LogP) is 4.76. The fraction of sp³-hybridized carbons (Fsp3) is 0.105. The van der Waals surface area contributed by atoms with Crippen LogP contribution < -0.4 is 5.32 Å². The van der Waals surface area contributed by atoms with Crippen LogP contribution in [-0.2, 0) is 0 Å². The summed E-state index contributed by atoms with van der Waals surface area (Å²) in [5, 5.41) is 16.7. The largest absolute Gasteiger partial charge is 0.362 e. The molecule has 4 rings (SSSR count). The van der Waals surface area contributed by atoms with Crippen molar-refractivity contribution in [1.82, 2.24) is 19.8 Å². The molecule has 0 amide bonds. The molecular formula is C19H15ClFN5. The Balaban J connectivity index is 1.71. The molecule has 4 aromatic rings. The zero-order valence-corrected chi connectivity index (χ0v) is 14.7. The van der Waals surface area contributed by atoms with Gasteiger partial charge in [0.2, 0.25) is 0 Å². The Morgan fingerprint density at radius 1 is 1.00 bits per heavy atom. The molecule has 2 aromatic heterocycles. The number of benzene rings is 2. The molecule has 0 saturated carbocycles. The fourth-order valence-corrected chi connectivity index (χ4v) is 3.10. The second-order valence-corrected chi connectivity index (χ2v) is 6.29. The second-order valence-electron chi connectivity index (χ2n) is 5.88. The summed E-state index contributed by atoms with van der Waals surface area (Å²) in [5.74, 6) is 0.598. The van der Waals surface area contributed by atoms with Gasteiger partial charge in [0.25, 0.3) is 0 Å². The molecule has 0 aliphatic heterocycles. The molecule has 0 spiro atoms. The molecule has 26 heavy (non-hydrogen) atoms. The topological polar surface area (TPSA) is 55.1 Å². The first-order valence-electron chi connectivity index (χ1n) is 8.12. The van der Waals surface area contributed by atoms with Gasteiger partial charge in [0.15, 0.2) is 11.5 Å². The Morgan fingerprint density at radius 2 is 1.77 bits per heavy atom. The van der Waals surface area contributed by atoms with Crippen LogP contribution >= 0.6 is 11.6 Å². The molecule has 5 nitrogen and oxygen atoms in total. The summed E-state index contributed by atoms with van der Waals surface area (Å²) >= 11 is 6.26. The lowest BCUT2D eigenvalue weighted by atomic mass is 10.1. The maximum atomic E-state index is 14.1. The number of nitrogens with zero attached hydrogens (tertiary/aromatic N) is 4. The molecule has 0 radical (unpaired) electrons. The zero-order valence-electron chi connectivity index (χ0n) is 13.9. The number of aromatic nitrogens is 4. The van der Waals surface area contributed by atoms with Crippen molar-refractivity contribution in [3.8, 4) is 11.4 Å². The van der Waals surface area contributed by atoms with E-state index in [1.54, 1.807) is 24.3 Å². The number of fused-ring (bicyclic) bond motifs is 1. The van der Waals surface area contributed by atoms with Crippen molar-refractivity contribution >= 4 is 23.1 Å². The van der Waals surface area contributed by atoms with Crippen LogP contribution in [0.4, 0.5) is 10.2 Å². The third-order valence-electron chi connectivity index (χ3n) is 4.11. The van der Waals surface area contributed by atoms with Gasteiger partial charge in [-0.2, -0.15) is 4.52 Å². The van der Waals surface area contributed by atoms with Crippen molar-refractivity contribution in [2.45, 2.75) is 13.0 Å². The average molecular weight is 368 g/mol. The summed E-state index contributed by atoms with van der Waals surface area (Å²) in [7, 11) is 0. The van der Waals surface area contributed by atoms with Crippen molar-refractivity contribution < 1.29 is 4.39 Å². The normalized spacial score (nSPS) is 12.3. The van der Waals surface area contributed by atoms with Crippen molar-refractivity contribution in [2.24, 2.45) is 0 Å². The minimum atomic E-state index is -0.369. The zero-order chi connectivity index (χ0) is 18.1. The quantitative estimate of drug-likeness (QED) is 0.565. The molecule has 0 fully saturated rings. The van der Waals surface area contributed by atoms with E-state index < -0.39 is 0 Å². The maximum absolute atomic E-state index is 14.1. The van der Waals surface area contributed by atoms with Gasteiger partial charge in [-0.15, -0.1) is 15.3 Å². The third kappa shape index (κ3) is 2.99. The first-order valence-corrected chi connectivity index (χ1v) is 8.49. The summed E-state index contributed by atoms with van der Waals surface area (Å²) in [4.78, 5) is 0. The summed E-state index contributed by atoms with van der Waals surface area (Å²) in [5.41, 5.74) is 1.86. The van der Waals surface area contributed by atoms with Gasteiger partial charge in [0, 0.05) is 5.02 Å². The molecule has 130 valence electrons. The smallest absolute Gasteiger partial charge is 0.188 e. The van der Waals surface area contributed by atoms with E-state index in [1.165, 1.54) is 10.6 Å². The highest BCUT2D eigenvalue weighted by Crippen LogP contribution is 2.26. The Bertz CT molecular complexity index is 1080. The second kappa shape index (κ2) is 6.72. The Kier molecular flexibility index (Phi) is 4.26. The Morgan fingerprint density at radius 3 is 2.58 bits per heavy atom. The van der Waals surface area contributed by atoms with Gasteiger partial charge in [0.05, 0.1) is 11.6 Å². The summed E-state index contributed by atoms with van der Waals surface area (Å²) in [6.07, 6.45) is 0. The summed E-state index contributed by atoms with van der Waals surface area (Å²) < 4.78 is 15.6. The van der Waals surface area contributed by atoms with Gasteiger partial charge in [-0.3, -0.25) is 0 Å². The van der Waals surface area contributed by atoms with Crippen molar-refractivity contribution in [3.63, 3.8) is 0 Å². The van der Waals surface area contributed by atoms with E-state index in [0.717, 1.165) is 5.56 Å². The molecule has 2 aromatic carbocycles. The fourth-order valence-electron chi connectivity index (χ4n) is 2.80. The maximum Gasteiger partial charge on any atom is 0.188 e. The SMILES string of the molecule is CC(Nc1ccc2nnc(-c3ccccc3F)n2n1)c1ccccc1Cl. The highest BCUT2D eigenvalue weighted by molar-refractivity contribution is 6.31. The number of halogens is 2. The van der Waals surface area contributed by atoms with Crippen LogP contribution in [0.2, 0.25) is 5.02 Å². The van der Waals surface area contributed by atoms with Gasteiger partial charge in [-0.05, 0) is 42.8 Å². The van der Waals surface area contributed by atoms with Crippen LogP contribution in [0, 0.1) is 5.82 Å². The van der Waals surface area contributed by atoms with Crippen LogP contribution in [0.3, 0.4) is 0 Å². The van der Waals surface area contributed by atoms with Crippen molar-refractivity contribution in [3.05, 3.63) is 77.1 Å². The van der Waals surface area contributed by atoms with Crippen molar-refractivity contribution in [1.29, 1.82) is 0 Å². The first kappa shape index (κ1) is 16.5. The summed E-state index contributed by atoms with van der Waals surface area (Å²) in [6, 6.07) is 17.6. The standard InChI is InChI=1S/C19H15ClFN5/c1-12(13-6-2-4-8-15(13)20)22-17-10-11-18-23-24-19(26(18)25-17)14-7-3-5-9-16(14)21/h2-12H,1H3,(H,22,25). The van der Waals surface area contributed by atoms with Gasteiger partial charge in [0.1, 0.15) is 11.6 Å². The molecule has 1 atom stereocenters. The molecule has 7 heteroatoms. The average Bonchev–Trinajstić information content (AvgIpc) is 3.05. The van der Waals surface area contributed by atoms with Gasteiger partial charge < -0.3 is 5.32 Å². The number of nitrogens with one attached hydrogen (secondary N) is 1. The molecule has 0 bridgehead atoms. The lowest BCUT2D eigenvalue weighted by Gasteiger charge is -2.16. The predicted molar refractivity (Wildman–Crippen MR) is 99.7 cm³/mol. The van der Waals surface area contributed by atoms with E-state index in [9.17, 15) is 4.39 Å². The minimum Gasteiger partial charge on any atom is -0.362 e. The van der Waals surface area contributed by atoms with Crippen LogP contribution in [0.5, 0.6) is 0 Å². The highest BCUT2D eigenvalue weighted by Gasteiger charge is 2.15. The molecule has 1 unspecified atom stereocenters. The molecule has 2 heterocycles. The molecule has 0 saturated heterocycles. The van der Waals surface area contributed by atoms with Gasteiger partial charge in [-0.25, -0.2) is 4.39 Å². The van der Waals surface area contributed by atoms with Crippen LogP contribution in [0.1, 0.15) is 18.5 Å². The van der Waals surface area contributed by atoms with Crippen LogP contribution in [0.15, 0.2) is 60.7 Å². The number of hydrogen-bond donors (Lipinski definition) is 1. The first-order chi connectivity index (χ1) is 12.6. The van der Waals surface area contributed by atoms with Crippen LogP contribution in [0.25, 0.3) is 17.0 Å². The van der Waals surface area contributed by atoms with E-state index in [-0.39, 0.29) is 11.9 Å². The lowest BCUT2D eigenvalue weighted by Crippen LogP contribution is -2.10. The molecule has 0 aliphatic rings. The summed E-state index contributed by atoms with van der Waals surface area (Å²) in [6.45, 7) is 2.00. The minimum absolute atomic E-state index is 0.0537. The highest BCUT2D eigenvalue weighted by atomic mass is 35.5. The van der Waals surface area contributed by atoms with E-state index in [0.29, 0.717) is 27.9 Å². The molecule has 1 N–H and O–H groups in total. The molecular weight excluding hydrogens is 353 g/mol. The molecule has 0 aliphatic carbocycles. The number of hydrogen-bond acceptors (Lipinski definition) is 4. The van der Waals surface area contributed by atoms with E-state index in [4.69, 9.17) is 11.6 Å². The third-order valence-corrected chi connectivity index (χ3v) is 4.46. The number of anilines is 1. The number of rotatable bonds is 4. The Hall–Kier alpha value is -2.99. The lowest BCUT2D eigenvalue weighted by molar-refractivity contribution is 0.629. The van der Waals surface area contributed by atoms with Gasteiger partial charge >= 0.3 is 0 Å². The van der Waals surface area contributed by atoms with E-state index >= 15 is 0 Å². The Labute approximate surface area is 154 Å².